The highest BCUT2D eigenvalue weighted by atomic mass is 79.9. The van der Waals surface area contributed by atoms with Gasteiger partial charge in [-0.2, -0.15) is 0 Å². The van der Waals surface area contributed by atoms with E-state index >= 15 is 0 Å². The lowest BCUT2D eigenvalue weighted by molar-refractivity contribution is -0.0767. The second-order valence-corrected chi connectivity index (χ2v) is 6.87. The van der Waals surface area contributed by atoms with Crippen LogP contribution in [0, 0.1) is 0 Å². The molecule has 1 unspecified atom stereocenters. The van der Waals surface area contributed by atoms with Gasteiger partial charge in [0.1, 0.15) is 5.75 Å². The smallest absolute Gasteiger partial charge is 0.122 e. The van der Waals surface area contributed by atoms with Gasteiger partial charge < -0.3 is 14.8 Å². The fourth-order valence-electron chi connectivity index (χ4n) is 3.52. The van der Waals surface area contributed by atoms with E-state index in [1.54, 1.807) is 7.11 Å². The predicted molar refractivity (Wildman–Crippen MR) is 84.5 cm³/mol. The molecule has 1 aliphatic heterocycles. The number of nitrogens with one attached hydrogen (secondary N) is 1. The minimum atomic E-state index is 0.159. The highest BCUT2D eigenvalue weighted by Crippen LogP contribution is 2.40. The summed E-state index contributed by atoms with van der Waals surface area (Å²) in [7, 11) is 1.70. The van der Waals surface area contributed by atoms with Gasteiger partial charge in [-0.25, -0.2) is 0 Å². The van der Waals surface area contributed by atoms with E-state index in [1.807, 2.05) is 6.07 Å². The number of ether oxygens (including phenoxy) is 2. The Labute approximate surface area is 129 Å². The quantitative estimate of drug-likeness (QED) is 0.887. The fourth-order valence-corrected chi connectivity index (χ4v) is 3.99. The molecule has 1 heterocycles. The van der Waals surface area contributed by atoms with Gasteiger partial charge in [-0.15, -0.1) is 0 Å². The first-order chi connectivity index (χ1) is 9.69. The van der Waals surface area contributed by atoms with Gasteiger partial charge in [-0.1, -0.05) is 28.8 Å². The summed E-state index contributed by atoms with van der Waals surface area (Å²) in [5, 5.41) is 3.66. The van der Waals surface area contributed by atoms with Crippen molar-refractivity contribution < 1.29 is 9.47 Å². The van der Waals surface area contributed by atoms with Crippen molar-refractivity contribution in [1.82, 2.24) is 0 Å². The summed E-state index contributed by atoms with van der Waals surface area (Å²) in [6, 6.07) is 6.65. The average Bonchev–Trinajstić information content (AvgIpc) is 2.86. The van der Waals surface area contributed by atoms with Crippen LogP contribution in [0.2, 0.25) is 0 Å². The van der Waals surface area contributed by atoms with E-state index in [-0.39, 0.29) is 5.60 Å². The van der Waals surface area contributed by atoms with E-state index in [0.717, 1.165) is 35.4 Å². The lowest BCUT2D eigenvalue weighted by atomic mass is 9.89. The Hall–Kier alpha value is -0.740. The molecule has 1 saturated carbocycles. The van der Waals surface area contributed by atoms with Crippen LogP contribution in [-0.2, 0) is 4.74 Å². The second-order valence-electron chi connectivity index (χ2n) is 5.95. The van der Waals surface area contributed by atoms with Crippen LogP contribution in [0.25, 0.3) is 0 Å². The largest absolute Gasteiger partial charge is 0.497 e. The Bertz CT molecular complexity index is 472. The van der Waals surface area contributed by atoms with Gasteiger partial charge in [0.25, 0.3) is 0 Å². The van der Waals surface area contributed by atoms with Crippen molar-refractivity contribution in [3.05, 3.63) is 22.7 Å². The number of hydrogen-bond acceptors (Lipinski definition) is 3. The lowest BCUT2D eigenvalue weighted by Gasteiger charge is -2.39. The van der Waals surface area contributed by atoms with Crippen LogP contribution >= 0.6 is 15.9 Å². The van der Waals surface area contributed by atoms with Gasteiger partial charge in [0.2, 0.25) is 0 Å². The molecule has 0 amide bonds. The molecule has 1 aromatic rings. The van der Waals surface area contributed by atoms with Crippen LogP contribution < -0.4 is 10.1 Å². The van der Waals surface area contributed by atoms with Gasteiger partial charge in [-0.05, 0) is 37.8 Å². The molecule has 1 N–H and O–H groups in total. The average molecular weight is 340 g/mol. The summed E-state index contributed by atoms with van der Waals surface area (Å²) in [5.74, 6) is 0.879. The molecule has 110 valence electrons. The molecule has 1 atom stereocenters. The molecule has 4 heteroatoms. The number of hydrogen-bond donors (Lipinski definition) is 1. The summed E-state index contributed by atoms with van der Waals surface area (Å²) >= 11 is 3.53. The van der Waals surface area contributed by atoms with Crippen LogP contribution in [0.5, 0.6) is 5.75 Å². The predicted octanol–water partition coefficient (Wildman–Crippen LogP) is 4.36. The van der Waals surface area contributed by atoms with E-state index in [9.17, 15) is 0 Å². The number of anilines is 1. The first kappa shape index (κ1) is 14.2. The molecule has 1 saturated heterocycles. The molecule has 2 fully saturated rings. The first-order valence-corrected chi connectivity index (χ1v) is 8.24. The molecule has 1 spiro atoms. The van der Waals surface area contributed by atoms with Crippen LogP contribution in [0.1, 0.15) is 38.5 Å². The van der Waals surface area contributed by atoms with E-state index in [4.69, 9.17) is 9.47 Å². The Morgan fingerprint density at radius 3 is 2.85 bits per heavy atom. The van der Waals surface area contributed by atoms with Crippen molar-refractivity contribution in [1.29, 1.82) is 0 Å². The lowest BCUT2D eigenvalue weighted by Crippen LogP contribution is -2.42. The van der Waals surface area contributed by atoms with Gasteiger partial charge in [0.05, 0.1) is 12.7 Å². The van der Waals surface area contributed by atoms with Gasteiger partial charge >= 0.3 is 0 Å². The standard InChI is InChI=1S/C16H22BrNO2/c1-19-15-9-12(17)8-14(10-15)18-13-4-7-20-16(11-13)5-2-3-6-16/h8-10,13,18H,2-7,11H2,1H3. The van der Waals surface area contributed by atoms with Crippen LogP contribution in [-0.4, -0.2) is 25.4 Å². The Morgan fingerprint density at radius 2 is 2.10 bits per heavy atom. The zero-order valence-electron chi connectivity index (χ0n) is 12.0. The molecule has 1 aromatic carbocycles. The van der Waals surface area contributed by atoms with E-state index in [1.165, 1.54) is 25.7 Å². The van der Waals surface area contributed by atoms with Crippen LogP contribution in [0.3, 0.4) is 0 Å². The third kappa shape index (κ3) is 3.12. The molecule has 1 aliphatic carbocycles. The number of rotatable bonds is 3. The zero-order valence-corrected chi connectivity index (χ0v) is 13.5. The maximum absolute atomic E-state index is 6.09. The molecule has 0 bridgehead atoms. The summed E-state index contributed by atoms with van der Waals surface area (Å²) in [6.07, 6.45) is 7.30. The minimum absolute atomic E-state index is 0.159. The van der Waals surface area contributed by atoms with Crippen molar-refractivity contribution in [2.45, 2.75) is 50.2 Å². The van der Waals surface area contributed by atoms with Crippen molar-refractivity contribution >= 4 is 21.6 Å². The van der Waals surface area contributed by atoms with E-state index in [0.29, 0.717) is 6.04 Å². The SMILES string of the molecule is COc1cc(Br)cc(NC2CCOC3(CCCC3)C2)c1. The van der Waals surface area contributed by atoms with E-state index in [2.05, 4.69) is 33.4 Å². The normalized spacial score (nSPS) is 24.8. The van der Waals surface area contributed by atoms with E-state index < -0.39 is 0 Å². The third-order valence-corrected chi connectivity index (χ3v) is 4.94. The van der Waals surface area contributed by atoms with Gasteiger partial charge in [0.15, 0.2) is 0 Å². The Morgan fingerprint density at radius 1 is 1.30 bits per heavy atom. The van der Waals surface area contributed by atoms with Crippen molar-refractivity contribution in [3.63, 3.8) is 0 Å². The molecular formula is C16H22BrNO2. The molecule has 20 heavy (non-hydrogen) atoms. The Balaban J connectivity index is 1.69. The molecule has 3 nitrogen and oxygen atoms in total. The van der Waals surface area contributed by atoms with Crippen molar-refractivity contribution in [3.8, 4) is 5.75 Å². The van der Waals surface area contributed by atoms with Crippen molar-refractivity contribution in [2.24, 2.45) is 0 Å². The summed E-state index contributed by atoms with van der Waals surface area (Å²) in [4.78, 5) is 0. The third-order valence-electron chi connectivity index (χ3n) is 4.49. The minimum Gasteiger partial charge on any atom is -0.497 e. The second kappa shape index (κ2) is 5.94. The Kier molecular flexibility index (Phi) is 4.22. The van der Waals surface area contributed by atoms with Gasteiger partial charge in [0, 0.05) is 28.9 Å². The molecule has 0 aromatic heterocycles. The summed E-state index contributed by atoms with van der Waals surface area (Å²) < 4.78 is 12.5. The maximum atomic E-state index is 6.09. The molecule has 0 radical (unpaired) electrons. The number of halogens is 1. The molecule has 3 rings (SSSR count). The molecular weight excluding hydrogens is 318 g/mol. The highest BCUT2D eigenvalue weighted by molar-refractivity contribution is 9.10. The van der Waals surface area contributed by atoms with Gasteiger partial charge in [-0.3, -0.25) is 0 Å². The fraction of sp³-hybridized carbons (Fsp3) is 0.625. The van der Waals surface area contributed by atoms with Crippen LogP contribution in [0.15, 0.2) is 22.7 Å². The zero-order chi connectivity index (χ0) is 14.0. The summed E-state index contributed by atoms with van der Waals surface area (Å²) in [5.41, 5.74) is 1.28. The summed E-state index contributed by atoms with van der Waals surface area (Å²) in [6.45, 7) is 0.878. The topological polar surface area (TPSA) is 30.5 Å². The number of methoxy groups -OCH3 is 1. The molecule has 2 aliphatic rings. The van der Waals surface area contributed by atoms with Crippen LogP contribution in [0.4, 0.5) is 5.69 Å². The maximum Gasteiger partial charge on any atom is 0.122 e. The monoisotopic (exact) mass is 339 g/mol. The highest BCUT2D eigenvalue weighted by Gasteiger charge is 2.39. The number of benzene rings is 1. The first-order valence-electron chi connectivity index (χ1n) is 7.44. The van der Waals surface area contributed by atoms with Crippen molar-refractivity contribution in [2.75, 3.05) is 19.0 Å².